The molecule has 0 fully saturated rings. The molecule has 0 saturated heterocycles. The van der Waals surface area contributed by atoms with Crippen LogP contribution in [0.2, 0.25) is 0 Å². The highest BCUT2D eigenvalue weighted by Gasteiger charge is 2.35. The molecular weight excluding hydrogens is 448 g/mol. The molecule has 8 nitrogen and oxygen atoms in total. The highest BCUT2D eigenvalue weighted by atomic mass is 16.5. The zero-order valence-electron chi connectivity index (χ0n) is 20.8. The summed E-state index contributed by atoms with van der Waals surface area (Å²) in [6, 6.07) is 14.4. The molecule has 1 aliphatic carbocycles. The summed E-state index contributed by atoms with van der Waals surface area (Å²) in [6.45, 7) is 7.13. The Morgan fingerprint density at radius 2 is 1.46 bits per heavy atom. The third-order valence-corrected chi connectivity index (χ3v) is 6.65. The monoisotopic (exact) mass is 482 g/mol. The first-order valence-corrected chi connectivity index (χ1v) is 11.8. The second-order valence-electron chi connectivity index (χ2n) is 9.29. The Bertz CT molecular complexity index is 1020. The fourth-order valence-corrected chi connectivity index (χ4v) is 4.79. The van der Waals surface area contributed by atoms with E-state index >= 15 is 0 Å². The molecule has 8 heteroatoms. The average Bonchev–Trinajstić information content (AvgIpc) is 3.14. The Hall–Kier alpha value is -3.39. The Morgan fingerprint density at radius 1 is 0.914 bits per heavy atom. The van der Waals surface area contributed by atoms with Gasteiger partial charge in [-0.1, -0.05) is 62.4 Å². The summed E-state index contributed by atoms with van der Waals surface area (Å²) in [7, 11) is 1.38. The Kier molecular flexibility index (Phi) is 8.51. The van der Waals surface area contributed by atoms with E-state index in [-0.39, 0.29) is 18.4 Å². The van der Waals surface area contributed by atoms with Gasteiger partial charge in [0.25, 0.3) is 0 Å². The van der Waals surface area contributed by atoms with Crippen molar-refractivity contribution in [3.63, 3.8) is 0 Å². The first kappa shape index (κ1) is 26.2. The van der Waals surface area contributed by atoms with Crippen LogP contribution in [0.3, 0.4) is 0 Å². The summed E-state index contributed by atoms with van der Waals surface area (Å²) < 4.78 is 10.7. The predicted molar refractivity (Wildman–Crippen MR) is 132 cm³/mol. The van der Waals surface area contributed by atoms with Crippen LogP contribution in [-0.4, -0.2) is 55.0 Å². The van der Waals surface area contributed by atoms with Crippen LogP contribution in [0.5, 0.6) is 0 Å². The third kappa shape index (κ3) is 5.82. The van der Waals surface area contributed by atoms with E-state index in [1.807, 2.05) is 50.2 Å². The number of aliphatic carboxylic acids is 1. The smallest absolute Gasteiger partial charge is 0.407 e. The minimum absolute atomic E-state index is 0.0699. The van der Waals surface area contributed by atoms with Crippen molar-refractivity contribution in [1.82, 2.24) is 10.6 Å². The highest BCUT2D eigenvalue weighted by molar-refractivity contribution is 5.86. The van der Waals surface area contributed by atoms with Crippen LogP contribution in [0.4, 0.5) is 4.79 Å². The molecular formula is C27H34N2O6. The number of benzene rings is 2. The van der Waals surface area contributed by atoms with E-state index in [4.69, 9.17) is 9.47 Å². The van der Waals surface area contributed by atoms with Crippen molar-refractivity contribution in [3.8, 4) is 11.1 Å². The quantitative estimate of drug-likeness (QED) is 0.475. The molecule has 1 aliphatic rings. The summed E-state index contributed by atoms with van der Waals surface area (Å²) in [5.74, 6) is -2.55. The van der Waals surface area contributed by atoms with E-state index < -0.39 is 42.1 Å². The fraction of sp³-hybridized carbons (Fsp3) is 0.444. The van der Waals surface area contributed by atoms with Crippen LogP contribution >= 0.6 is 0 Å². The minimum atomic E-state index is -1.20. The van der Waals surface area contributed by atoms with Crippen LogP contribution < -0.4 is 10.6 Å². The predicted octanol–water partition coefficient (Wildman–Crippen LogP) is 3.79. The number of alkyl carbamates (subject to hydrolysis) is 1. The number of fused-ring (bicyclic) bond motifs is 3. The number of hydrogen-bond acceptors (Lipinski definition) is 5. The molecule has 3 rings (SSSR count). The van der Waals surface area contributed by atoms with E-state index in [2.05, 4.69) is 22.8 Å². The van der Waals surface area contributed by atoms with Gasteiger partial charge in [-0.2, -0.15) is 0 Å². The normalized spacial score (nSPS) is 15.9. The number of ether oxygens (including phenoxy) is 2. The van der Waals surface area contributed by atoms with Crippen molar-refractivity contribution in [2.75, 3.05) is 13.7 Å². The maximum atomic E-state index is 13.0. The van der Waals surface area contributed by atoms with Crippen LogP contribution in [-0.2, 0) is 19.1 Å². The number of carbonyl (C=O) groups excluding carboxylic acids is 2. The van der Waals surface area contributed by atoms with E-state index in [0.29, 0.717) is 0 Å². The molecule has 35 heavy (non-hydrogen) atoms. The summed E-state index contributed by atoms with van der Waals surface area (Å²) in [6.07, 6.45) is -1.34. The summed E-state index contributed by atoms with van der Waals surface area (Å²) in [4.78, 5) is 37.2. The first-order valence-electron chi connectivity index (χ1n) is 11.8. The zero-order chi connectivity index (χ0) is 25.7. The molecule has 2 aromatic rings. The van der Waals surface area contributed by atoms with Gasteiger partial charge in [0.1, 0.15) is 6.61 Å². The van der Waals surface area contributed by atoms with Gasteiger partial charge in [0, 0.05) is 19.1 Å². The molecule has 2 aromatic carbocycles. The number of hydrogen-bond donors (Lipinski definition) is 3. The number of nitrogens with one attached hydrogen (secondary N) is 2. The van der Waals surface area contributed by atoms with E-state index in [1.165, 1.54) is 7.11 Å². The lowest BCUT2D eigenvalue weighted by Crippen LogP contribution is -2.54. The molecule has 0 radical (unpaired) electrons. The van der Waals surface area contributed by atoms with Crippen molar-refractivity contribution in [3.05, 3.63) is 59.7 Å². The van der Waals surface area contributed by atoms with Crippen molar-refractivity contribution in [2.24, 2.45) is 11.8 Å². The van der Waals surface area contributed by atoms with Gasteiger partial charge in [-0.25, -0.2) is 9.59 Å². The SMILES string of the molecule is COC(C)C(NC(=O)C(C(C)C)C(C)NC(=O)OCC1c2ccccc2-c2ccccc21)C(=O)O. The van der Waals surface area contributed by atoms with Gasteiger partial charge in [0.05, 0.1) is 12.0 Å². The number of methoxy groups -OCH3 is 1. The topological polar surface area (TPSA) is 114 Å². The molecule has 188 valence electrons. The molecule has 3 N–H and O–H groups in total. The summed E-state index contributed by atoms with van der Waals surface area (Å²) >= 11 is 0. The van der Waals surface area contributed by atoms with E-state index in [1.54, 1.807) is 13.8 Å². The molecule has 0 aliphatic heterocycles. The van der Waals surface area contributed by atoms with Gasteiger partial charge in [-0.15, -0.1) is 0 Å². The zero-order valence-corrected chi connectivity index (χ0v) is 20.8. The maximum Gasteiger partial charge on any atom is 0.407 e. The molecule has 0 bridgehead atoms. The molecule has 0 heterocycles. The van der Waals surface area contributed by atoms with Crippen LogP contribution in [0.15, 0.2) is 48.5 Å². The van der Waals surface area contributed by atoms with E-state index in [0.717, 1.165) is 22.3 Å². The lowest BCUT2D eigenvalue weighted by Gasteiger charge is -2.29. The standard InChI is InChI=1S/C27H34N2O6/c1-15(2)23(25(30)29-24(26(31)32)17(4)34-5)16(3)28-27(33)35-14-22-20-12-8-6-10-18(20)19-11-7-9-13-21(19)22/h6-13,15-17,22-24H,14H2,1-5H3,(H,28,33)(H,29,30)(H,31,32). The van der Waals surface area contributed by atoms with Crippen molar-refractivity contribution in [2.45, 2.75) is 51.8 Å². The summed E-state index contributed by atoms with van der Waals surface area (Å²) in [5.41, 5.74) is 4.50. The number of amides is 2. The fourth-order valence-electron chi connectivity index (χ4n) is 4.79. The number of carboxylic acid groups (broad SMARTS) is 1. The molecule has 4 unspecified atom stereocenters. The second-order valence-corrected chi connectivity index (χ2v) is 9.29. The van der Waals surface area contributed by atoms with Gasteiger partial charge in [0.15, 0.2) is 6.04 Å². The Morgan fingerprint density at radius 3 is 1.94 bits per heavy atom. The number of rotatable bonds is 10. The highest BCUT2D eigenvalue weighted by Crippen LogP contribution is 2.44. The van der Waals surface area contributed by atoms with Crippen molar-refractivity contribution >= 4 is 18.0 Å². The lowest BCUT2D eigenvalue weighted by molar-refractivity contribution is -0.146. The van der Waals surface area contributed by atoms with Crippen molar-refractivity contribution in [1.29, 1.82) is 0 Å². The molecule has 0 saturated carbocycles. The Balaban J connectivity index is 1.65. The van der Waals surface area contributed by atoms with Crippen molar-refractivity contribution < 1.29 is 29.0 Å². The van der Waals surface area contributed by atoms with Crippen LogP contribution in [0.25, 0.3) is 11.1 Å². The molecule has 2 amide bonds. The summed E-state index contributed by atoms with van der Waals surface area (Å²) in [5, 5.41) is 14.8. The third-order valence-electron chi connectivity index (χ3n) is 6.65. The largest absolute Gasteiger partial charge is 0.480 e. The molecule has 4 atom stereocenters. The van der Waals surface area contributed by atoms with Gasteiger partial charge in [-0.3, -0.25) is 4.79 Å². The molecule has 0 spiro atoms. The van der Waals surface area contributed by atoms with Gasteiger partial charge in [0.2, 0.25) is 5.91 Å². The van der Waals surface area contributed by atoms with Crippen LogP contribution in [0, 0.1) is 11.8 Å². The van der Waals surface area contributed by atoms with Gasteiger partial charge >= 0.3 is 12.1 Å². The number of carboxylic acids is 1. The Labute approximate surface area is 206 Å². The minimum Gasteiger partial charge on any atom is -0.480 e. The average molecular weight is 483 g/mol. The maximum absolute atomic E-state index is 13.0. The van der Waals surface area contributed by atoms with E-state index in [9.17, 15) is 19.5 Å². The second kappa shape index (κ2) is 11.4. The first-order chi connectivity index (χ1) is 16.6. The lowest BCUT2D eigenvalue weighted by atomic mass is 9.88. The number of carbonyl (C=O) groups is 3. The van der Waals surface area contributed by atoms with Gasteiger partial charge in [-0.05, 0) is 42.0 Å². The van der Waals surface area contributed by atoms with Gasteiger partial charge < -0.3 is 25.2 Å². The van der Waals surface area contributed by atoms with Crippen LogP contribution in [0.1, 0.15) is 44.7 Å². The molecule has 0 aromatic heterocycles.